The van der Waals surface area contributed by atoms with Gasteiger partial charge < -0.3 is 15.8 Å². The maximum absolute atomic E-state index is 13.3. The normalized spacial score (nSPS) is 16.1. The van der Waals surface area contributed by atoms with Crippen LogP contribution < -0.4 is 15.8 Å². The van der Waals surface area contributed by atoms with Crippen LogP contribution in [0.25, 0.3) is 0 Å². The zero-order valence-electron chi connectivity index (χ0n) is 11.9. The summed E-state index contributed by atoms with van der Waals surface area (Å²) in [5.41, 5.74) is 5.52. The zero-order chi connectivity index (χ0) is 14.4. The Kier molecular flexibility index (Phi) is 6.92. The van der Waals surface area contributed by atoms with Crippen molar-refractivity contribution in [2.24, 2.45) is 5.73 Å². The first-order valence-corrected chi connectivity index (χ1v) is 7.04. The lowest BCUT2D eigenvalue weighted by Gasteiger charge is -2.28. The second-order valence-electron chi connectivity index (χ2n) is 5.27. The second-order valence-corrected chi connectivity index (χ2v) is 5.27. The molecule has 0 saturated heterocycles. The minimum atomic E-state index is -0.415. The zero-order valence-corrected chi connectivity index (χ0v) is 12.8. The maximum Gasteiger partial charge on any atom is 0.223 e. The standard InChI is InChI=1S/C15H21FN2O2.ClH/c16-12-5-1-2-6-13(12)20-10-7-14(19)18-15(11-17)8-3-4-9-15;/h1-2,5-6H,3-4,7-11,17H2,(H,18,19);1H. The van der Waals surface area contributed by atoms with E-state index in [-0.39, 0.29) is 42.6 Å². The van der Waals surface area contributed by atoms with Gasteiger partial charge in [0, 0.05) is 6.54 Å². The van der Waals surface area contributed by atoms with E-state index < -0.39 is 5.82 Å². The molecule has 0 spiro atoms. The van der Waals surface area contributed by atoms with Crippen molar-refractivity contribution in [2.45, 2.75) is 37.6 Å². The van der Waals surface area contributed by atoms with Crippen molar-refractivity contribution in [3.8, 4) is 5.75 Å². The maximum atomic E-state index is 13.3. The summed E-state index contributed by atoms with van der Waals surface area (Å²) >= 11 is 0. The number of para-hydroxylation sites is 1. The number of benzene rings is 1. The molecule has 1 aliphatic carbocycles. The van der Waals surface area contributed by atoms with E-state index in [1.54, 1.807) is 18.2 Å². The number of nitrogens with two attached hydrogens (primary N) is 1. The number of carbonyl (C=O) groups is 1. The molecule has 0 bridgehead atoms. The van der Waals surface area contributed by atoms with Crippen LogP contribution in [0.4, 0.5) is 4.39 Å². The Morgan fingerprint density at radius 3 is 2.62 bits per heavy atom. The van der Waals surface area contributed by atoms with Crippen LogP contribution in [0.5, 0.6) is 5.75 Å². The smallest absolute Gasteiger partial charge is 0.223 e. The lowest BCUT2D eigenvalue weighted by atomic mass is 9.98. The van der Waals surface area contributed by atoms with Crippen molar-refractivity contribution in [3.63, 3.8) is 0 Å². The molecule has 0 aromatic heterocycles. The van der Waals surface area contributed by atoms with Gasteiger partial charge in [-0.1, -0.05) is 25.0 Å². The summed E-state index contributed by atoms with van der Waals surface area (Å²) in [4.78, 5) is 11.9. The van der Waals surface area contributed by atoms with E-state index in [1.165, 1.54) is 6.07 Å². The third kappa shape index (κ3) is 4.86. The molecule has 0 heterocycles. The van der Waals surface area contributed by atoms with Gasteiger partial charge in [0.2, 0.25) is 5.91 Å². The van der Waals surface area contributed by atoms with Crippen molar-refractivity contribution in [1.29, 1.82) is 0 Å². The van der Waals surface area contributed by atoms with Gasteiger partial charge in [-0.15, -0.1) is 12.4 Å². The molecule has 6 heteroatoms. The first-order chi connectivity index (χ1) is 9.65. The molecule has 1 fully saturated rings. The van der Waals surface area contributed by atoms with Crippen molar-refractivity contribution in [2.75, 3.05) is 13.2 Å². The largest absolute Gasteiger partial charge is 0.490 e. The van der Waals surface area contributed by atoms with Crippen LogP contribution in [0, 0.1) is 5.82 Å². The van der Waals surface area contributed by atoms with Gasteiger partial charge in [-0.2, -0.15) is 0 Å². The van der Waals surface area contributed by atoms with Gasteiger partial charge in [0.1, 0.15) is 0 Å². The van der Waals surface area contributed by atoms with Crippen LogP contribution in [-0.2, 0) is 4.79 Å². The predicted molar refractivity (Wildman–Crippen MR) is 82.2 cm³/mol. The molecule has 0 atom stereocenters. The Balaban J connectivity index is 0.00000220. The highest BCUT2D eigenvalue weighted by molar-refractivity contribution is 5.85. The number of amides is 1. The van der Waals surface area contributed by atoms with E-state index in [4.69, 9.17) is 10.5 Å². The number of hydrogen-bond donors (Lipinski definition) is 2. The second kappa shape index (κ2) is 8.20. The fourth-order valence-electron chi connectivity index (χ4n) is 2.61. The van der Waals surface area contributed by atoms with Crippen LogP contribution in [0.1, 0.15) is 32.1 Å². The Labute approximate surface area is 130 Å². The van der Waals surface area contributed by atoms with Crippen LogP contribution >= 0.6 is 12.4 Å². The van der Waals surface area contributed by atoms with E-state index in [0.717, 1.165) is 25.7 Å². The molecule has 0 unspecified atom stereocenters. The van der Waals surface area contributed by atoms with Crippen molar-refractivity contribution in [1.82, 2.24) is 5.32 Å². The molecule has 21 heavy (non-hydrogen) atoms. The van der Waals surface area contributed by atoms with Gasteiger partial charge in [-0.25, -0.2) is 4.39 Å². The number of hydrogen-bond acceptors (Lipinski definition) is 3. The molecule has 1 aromatic rings. The molecule has 1 aliphatic rings. The number of rotatable bonds is 6. The molecule has 2 rings (SSSR count). The fraction of sp³-hybridized carbons (Fsp3) is 0.533. The number of ether oxygens (including phenoxy) is 1. The molecule has 4 nitrogen and oxygen atoms in total. The van der Waals surface area contributed by atoms with Gasteiger partial charge in [0.05, 0.1) is 18.6 Å². The van der Waals surface area contributed by atoms with Crippen LogP contribution in [0.3, 0.4) is 0 Å². The Morgan fingerprint density at radius 2 is 2.00 bits per heavy atom. The Morgan fingerprint density at radius 1 is 1.33 bits per heavy atom. The quantitative estimate of drug-likeness (QED) is 0.847. The van der Waals surface area contributed by atoms with Crippen LogP contribution in [0.2, 0.25) is 0 Å². The van der Waals surface area contributed by atoms with E-state index in [1.807, 2.05) is 0 Å². The summed E-state index contributed by atoms with van der Waals surface area (Å²) < 4.78 is 18.6. The molecule has 3 N–H and O–H groups in total. The first-order valence-electron chi connectivity index (χ1n) is 7.04. The van der Waals surface area contributed by atoms with Gasteiger partial charge >= 0.3 is 0 Å². The highest BCUT2D eigenvalue weighted by Crippen LogP contribution is 2.28. The number of carbonyl (C=O) groups excluding carboxylic acids is 1. The first kappa shape index (κ1) is 17.7. The highest BCUT2D eigenvalue weighted by atomic mass is 35.5. The lowest BCUT2D eigenvalue weighted by molar-refractivity contribution is -0.123. The van der Waals surface area contributed by atoms with Crippen molar-refractivity contribution < 1.29 is 13.9 Å². The molecule has 1 amide bonds. The van der Waals surface area contributed by atoms with E-state index in [0.29, 0.717) is 6.54 Å². The van der Waals surface area contributed by atoms with Crippen LogP contribution in [-0.4, -0.2) is 24.6 Å². The van der Waals surface area contributed by atoms with Gasteiger partial charge in [0.25, 0.3) is 0 Å². The highest BCUT2D eigenvalue weighted by Gasteiger charge is 2.33. The van der Waals surface area contributed by atoms with Crippen molar-refractivity contribution in [3.05, 3.63) is 30.1 Å². The van der Waals surface area contributed by atoms with Gasteiger partial charge in [0.15, 0.2) is 11.6 Å². The van der Waals surface area contributed by atoms with E-state index in [2.05, 4.69) is 5.32 Å². The molecule has 0 radical (unpaired) electrons. The van der Waals surface area contributed by atoms with Gasteiger partial charge in [-0.05, 0) is 25.0 Å². The summed E-state index contributed by atoms with van der Waals surface area (Å²) in [6.45, 7) is 0.625. The van der Waals surface area contributed by atoms with E-state index >= 15 is 0 Å². The summed E-state index contributed by atoms with van der Waals surface area (Å²) in [5.74, 6) is -0.328. The lowest BCUT2D eigenvalue weighted by Crippen LogP contribution is -2.51. The monoisotopic (exact) mass is 316 g/mol. The average Bonchev–Trinajstić information content (AvgIpc) is 2.90. The van der Waals surface area contributed by atoms with Gasteiger partial charge in [-0.3, -0.25) is 4.79 Å². The molecule has 1 saturated carbocycles. The minimum absolute atomic E-state index is 0. The molecular formula is C15H22ClFN2O2. The third-order valence-corrected chi connectivity index (χ3v) is 3.78. The van der Waals surface area contributed by atoms with E-state index in [9.17, 15) is 9.18 Å². The fourth-order valence-corrected chi connectivity index (χ4v) is 2.61. The molecule has 0 aliphatic heterocycles. The Hall–Kier alpha value is -1.33. The summed E-state index contributed by atoms with van der Waals surface area (Å²) in [6.07, 6.45) is 4.27. The predicted octanol–water partition coefficient (Wildman–Crippen LogP) is 2.40. The minimum Gasteiger partial charge on any atom is -0.490 e. The molecule has 118 valence electrons. The average molecular weight is 317 g/mol. The van der Waals surface area contributed by atoms with Crippen LogP contribution in [0.15, 0.2) is 24.3 Å². The molecule has 1 aromatic carbocycles. The SMILES string of the molecule is Cl.NCC1(NC(=O)CCOc2ccccc2F)CCCC1. The summed E-state index contributed by atoms with van der Waals surface area (Å²) in [7, 11) is 0. The van der Waals surface area contributed by atoms with Crippen molar-refractivity contribution >= 4 is 18.3 Å². The summed E-state index contributed by atoms with van der Waals surface area (Å²) in [5, 5.41) is 3.01. The third-order valence-electron chi connectivity index (χ3n) is 3.78. The summed E-state index contributed by atoms with van der Waals surface area (Å²) in [6, 6.07) is 6.17. The molecular weight excluding hydrogens is 295 g/mol. The Bertz CT molecular complexity index is 465. The topological polar surface area (TPSA) is 64.3 Å². The number of halogens is 2. The number of nitrogens with one attached hydrogen (secondary N) is 1.